The lowest BCUT2D eigenvalue weighted by atomic mass is 10.1. The molecule has 1 fully saturated rings. The molecule has 25 heavy (non-hydrogen) atoms. The molecule has 1 atom stereocenters. The van der Waals surface area contributed by atoms with E-state index in [1.54, 1.807) is 4.90 Å². The molecule has 1 saturated heterocycles. The summed E-state index contributed by atoms with van der Waals surface area (Å²) >= 11 is 0. The topological polar surface area (TPSA) is 52.7 Å². The normalized spacial score (nSPS) is 16.8. The number of nitrogens with zero attached hydrogens (tertiary/aromatic N) is 2. The summed E-state index contributed by atoms with van der Waals surface area (Å²) in [5.74, 6) is -0.909. The third-order valence-electron chi connectivity index (χ3n) is 4.51. The predicted molar refractivity (Wildman–Crippen MR) is 99.5 cm³/mol. The van der Waals surface area contributed by atoms with Crippen molar-refractivity contribution in [3.8, 4) is 0 Å². The molecule has 5 nitrogen and oxygen atoms in total. The van der Waals surface area contributed by atoms with Crippen molar-refractivity contribution in [2.75, 3.05) is 30.4 Å². The first-order valence-electron chi connectivity index (χ1n) is 8.46. The average molecular weight is 337 g/mol. The van der Waals surface area contributed by atoms with Crippen LogP contribution in [0.2, 0.25) is 0 Å². The van der Waals surface area contributed by atoms with Gasteiger partial charge in [-0.2, -0.15) is 0 Å². The van der Waals surface area contributed by atoms with Crippen molar-refractivity contribution >= 4 is 23.2 Å². The summed E-state index contributed by atoms with van der Waals surface area (Å²) in [6.07, 6.45) is 0.555. The minimum Gasteiger partial charge on any atom is -0.378 e. The van der Waals surface area contributed by atoms with Crippen LogP contribution in [-0.2, 0) is 16.1 Å². The molecular formula is C20H23N3O2. The highest BCUT2D eigenvalue weighted by Gasteiger charge is 2.37. The van der Waals surface area contributed by atoms with Crippen molar-refractivity contribution in [3.05, 3.63) is 60.2 Å². The van der Waals surface area contributed by atoms with Crippen molar-refractivity contribution in [2.45, 2.75) is 13.0 Å². The molecule has 0 aromatic heterocycles. The molecule has 1 N–H and O–H groups in total. The number of benzene rings is 2. The molecule has 1 aliphatic rings. The number of hydrogen-bond donors (Lipinski definition) is 1. The Kier molecular flexibility index (Phi) is 5.03. The van der Waals surface area contributed by atoms with Gasteiger partial charge in [0, 0.05) is 38.6 Å². The number of rotatable bonds is 5. The van der Waals surface area contributed by atoms with E-state index in [9.17, 15) is 9.59 Å². The number of amides is 2. The Morgan fingerprint density at radius 3 is 2.44 bits per heavy atom. The second kappa shape index (κ2) is 7.38. The number of hydrogen-bond acceptors (Lipinski definition) is 3. The summed E-state index contributed by atoms with van der Waals surface area (Å²) in [5, 5.41) is 2.89. The van der Waals surface area contributed by atoms with Gasteiger partial charge in [0.2, 0.25) is 11.8 Å². The average Bonchev–Trinajstić information content (AvgIpc) is 3.02. The third-order valence-corrected chi connectivity index (χ3v) is 4.51. The number of anilines is 2. The molecule has 0 bridgehead atoms. The summed E-state index contributed by atoms with van der Waals surface area (Å²) in [6.45, 7) is 1.01. The van der Waals surface area contributed by atoms with Crippen molar-refractivity contribution in [1.82, 2.24) is 5.32 Å². The molecule has 0 spiro atoms. The molecule has 2 aromatic carbocycles. The fourth-order valence-electron chi connectivity index (χ4n) is 3.01. The molecule has 1 aliphatic heterocycles. The van der Waals surface area contributed by atoms with E-state index in [1.165, 1.54) is 0 Å². The van der Waals surface area contributed by atoms with Crippen LogP contribution in [0.4, 0.5) is 11.4 Å². The summed E-state index contributed by atoms with van der Waals surface area (Å²) in [7, 11) is 3.97. The van der Waals surface area contributed by atoms with Crippen LogP contribution < -0.4 is 15.1 Å². The lowest BCUT2D eigenvalue weighted by Crippen LogP contribution is -2.36. The smallest absolute Gasteiger partial charge is 0.239 e. The summed E-state index contributed by atoms with van der Waals surface area (Å²) in [4.78, 5) is 28.7. The van der Waals surface area contributed by atoms with Crippen LogP contribution in [0.5, 0.6) is 0 Å². The largest absolute Gasteiger partial charge is 0.378 e. The Labute approximate surface area is 148 Å². The highest BCUT2D eigenvalue weighted by Crippen LogP contribution is 2.25. The van der Waals surface area contributed by atoms with Crippen LogP contribution in [0.15, 0.2) is 54.6 Å². The highest BCUT2D eigenvalue weighted by molar-refractivity contribution is 6.09. The van der Waals surface area contributed by atoms with Crippen molar-refractivity contribution in [2.24, 2.45) is 5.92 Å². The lowest BCUT2D eigenvalue weighted by molar-refractivity contribution is -0.132. The standard InChI is InChI=1S/C20H23N3O2/c1-22(2)16-10-8-15(9-11-16)14-21-19(24)18-12-13-23(20(18)25)17-6-4-3-5-7-17/h3-11,18H,12-14H2,1-2H3,(H,21,24)/t18-/m0/s1. The summed E-state index contributed by atoms with van der Waals surface area (Å²) < 4.78 is 0. The molecular weight excluding hydrogens is 314 g/mol. The molecule has 0 radical (unpaired) electrons. The second-order valence-corrected chi connectivity index (χ2v) is 6.45. The molecule has 1 heterocycles. The van der Waals surface area contributed by atoms with Crippen LogP contribution >= 0.6 is 0 Å². The molecule has 0 unspecified atom stereocenters. The van der Waals surface area contributed by atoms with E-state index in [1.807, 2.05) is 73.6 Å². The first kappa shape index (κ1) is 17.0. The number of para-hydroxylation sites is 1. The van der Waals surface area contributed by atoms with Gasteiger partial charge in [-0.25, -0.2) is 0 Å². The van der Waals surface area contributed by atoms with E-state index < -0.39 is 5.92 Å². The van der Waals surface area contributed by atoms with Gasteiger partial charge in [-0.1, -0.05) is 30.3 Å². The first-order valence-corrected chi connectivity index (χ1v) is 8.46. The summed E-state index contributed by atoms with van der Waals surface area (Å²) in [6, 6.07) is 17.5. The van der Waals surface area contributed by atoms with Crippen molar-refractivity contribution in [3.63, 3.8) is 0 Å². The van der Waals surface area contributed by atoms with E-state index in [-0.39, 0.29) is 11.8 Å². The first-order chi connectivity index (χ1) is 12.1. The van der Waals surface area contributed by atoms with E-state index in [2.05, 4.69) is 5.32 Å². The Morgan fingerprint density at radius 1 is 1.12 bits per heavy atom. The predicted octanol–water partition coefficient (Wildman–Crippen LogP) is 2.42. The van der Waals surface area contributed by atoms with E-state index in [4.69, 9.17) is 0 Å². The second-order valence-electron chi connectivity index (χ2n) is 6.45. The van der Waals surface area contributed by atoms with E-state index >= 15 is 0 Å². The molecule has 2 aromatic rings. The molecule has 2 amide bonds. The Morgan fingerprint density at radius 2 is 1.80 bits per heavy atom. The molecule has 130 valence electrons. The van der Waals surface area contributed by atoms with Crippen molar-refractivity contribution in [1.29, 1.82) is 0 Å². The zero-order valence-corrected chi connectivity index (χ0v) is 14.6. The maximum Gasteiger partial charge on any atom is 0.239 e. The summed E-state index contributed by atoms with van der Waals surface area (Å²) in [5.41, 5.74) is 2.98. The van der Waals surface area contributed by atoms with Crippen LogP contribution in [0.3, 0.4) is 0 Å². The lowest BCUT2D eigenvalue weighted by Gasteiger charge is -2.16. The van der Waals surface area contributed by atoms with Gasteiger partial charge in [-0.15, -0.1) is 0 Å². The maximum absolute atomic E-state index is 12.5. The van der Waals surface area contributed by atoms with Crippen molar-refractivity contribution < 1.29 is 9.59 Å². The third kappa shape index (κ3) is 3.82. The van der Waals surface area contributed by atoms with Gasteiger partial charge < -0.3 is 15.1 Å². The Balaban J connectivity index is 1.58. The van der Waals surface area contributed by atoms with Gasteiger partial charge in [0.15, 0.2) is 0 Å². The van der Waals surface area contributed by atoms with E-state index in [0.717, 1.165) is 16.9 Å². The van der Waals surface area contributed by atoms with Crippen LogP contribution in [-0.4, -0.2) is 32.5 Å². The zero-order valence-electron chi connectivity index (χ0n) is 14.6. The van der Waals surface area contributed by atoms with E-state index in [0.29, 0.717) is 19.5 Å². The van der Waals surface area contributed by atoms with Gasteiger partial charge in [0.1, 0.15) is 5.92 Å². The SMILES string of the molecule is CN(C)c1ccc(CNC(=O)[C@@H]2CCN(c3ccccc3)C2=O)cc1. The highest BCUT2D eigenvalue weighted by atomic mass is 16.2. The number of carbonyl (C=O) groups is 2. The zero-order chi connectivity index (χ0) is 17.8. The monoisotopic (exact) mass is 337 g/mol. The quantitative estimate of drug-likeness (QED) is 0.853. The van der Waals surface area contributed by atoms with Crippen LogP contribution in [0.1, 0.15) is 12.0 Å². The number of nitrogens with one attached hydrogen (secondary N) is 1. The molecule has 0 saturated carbocycles. The van der Waals surface area contributed by atoms with Gasteiger partial charge >= 0.3 is 0 Å². The van der Waals surface area contributed by atoms with Gasteiger partial charge in [-0.05, 0) is 36.2 Å². The minimum absolute atomic E-state index is 0.119. The minimum atomic E-state index is -0.596. The number of carbonyl (C=O) groups excluding carboxylic acids is 2. The van der Waals surface area contributed by atoms with Crippen LogP contribution in [0.25, 0.3) is 0 Å². The van der Waals surface area contributed by atoms with Gasteiger partial charge in [0.25, 0.3) is 0 Å². The van der Waals surface area contributed by atoms with Crippen LogP contribution in [0, 0.1) is 5.92 Å². The fraction of sp³-hybridized carbons (Fsp3) is 0.300. The Hall–Kier alpha value is -2.82. The Bertz CT molecular complexity index is 741. The maximum atomic E-state index is 12.5. The van der Waals surface area contributed by atoms with Gasteiger partial charge in [0.05, 0.1) is 0 Å². The molecule has 0 aliphatic carbocycles. The molecule has 5 heteroatoms. The molecule has 3 rings (SSSR count). The van der Waals surface area contributed by atoms with Gasteiger partial charge in [-0.3, -0.25) is 9.59 Å². The fourth-order valence-corrected chi connectivity index (χ4v) is 3.01.